The van der Waals surface area contributed by atoms with E-state index in [1.807, 2.05) is 17.2 Å². The molecule has 0 unspecified atom stereocenters. The fraction of sp³-hybridized carbons (Fsp3) is 0.375. The zero-order chi connectivity index (χ0) is 15.5. The van der Waals surface area contributed by atoms with Crippen molar-refractivity contribution in [2.45, 2.75) is 6.54 Å². The van der Waals surface area contributed by atoms with Gasteiger partial charge in [0.05, 0.1) is 11.8 Å². The van der Waals surface area contributed by atoms with E-state index in [-0.39, 0.29) is 11.5 Å². The standard InChI is InChI=1S/C16H19N3O3/c1-17-10-13(2-3-15(17)20)11-18-5-7-19(8-6-18)16(21)14-4-9-22-12-14/h2-4,9-10,12H,5-8,11H2,1H3. The third-order valence-electron chi connectivity index (χ3n) is 3.98. The summed E-state index contributed by atoms with van der Waals surface area (Å²) in [5.74, 6) is 0.0236. The van der Waals surface area contributed by atoms with Crippen molar-refractivity contribution in [2.24, 2.45) is 7.05 Å². The lowest BCUT2D eigenvalue weighted by molar-refractivity contribution is 0.0627. The van der Waals surface area contributed by atoms with Gasteiger partial charge >= 0.3 is 0 Å². The van der Waals surface area contributed by atoms with Gasteiger partial charge in [-0.1, -0.05) is 6.07 Å². The second-order valence-electron chi connectivity index (χ2n) is 5.57. The van der Waals surface area contributed by atoms with Crippen molar-refractivity contribution in [2.75, 3.05) is 26.2 Å². The first-order valence-electron chi connectivity index (χ1n) is 7.33. The highest BCUT2D eigenvalue weighted by atomic mass is 16.3. The average Bonchev–Trinajstić information content (AvgIpc) is 3.05. The van der Waals surface area contributed by atoms with Crippen LogP contribution in [0.25, 0.3) is 0 Å². The van der Waals surface area contributed by atoms with E-state index in [0.29, 0.717) is 18.7 Å². The Kier molecular flexibility index (Phi) is 4.11. The number of furan rings is 1. The lowest BCUT2D eigenvalue weighted by Crippen LogP contribution is -2.48. The van der Waals surface area contributed by atoms with E-state index in [2.05, 4.69) is 4.90 Å². The summed E-state index contributed by atoms with van der Waals surface area (Å²) in [6, 6.07) is 5.15. The fourth-order valence-corrected chi connectivity index (χ4v) is 2.68. The molecule has 0 atom stereocenters. The molecule has 0 radical (unpaired) electrons. The molecule has 0 aromatic carbocycles. The molecule has 6 nitrogen and oxygen atoms in total. The van der Waals surface area contributed by atoms with Crippen LogP contribution in [0, 0.1) is 0 Å². The van der Waals surface area contributed by atoms with Crippen molar-refractivity contribution >= 4 is 5.91 Å². The maximum atomic E-state index is 12.2. The molecule has 116 valence electrons. The second-order valence-corrected chi connectivity index (χ2v) is 5.57. The first-order valence-corrected chi connectivity index (χ1v) is 7.33. The Morgan fingerprint density at radius 2 is 1.95 bits per heavy atom. The number of carbonyl (C=O) groups excluding carboxylic acids is 1. The largest absolute Gasteiger partial charge is 0.472 e. The molecule has 2 aromatic rings. The Labute approximate surface area is 128 Å². The molecule has 1 fully saturated rings. The first-order chi connectivity index (χ1) is 10.6. The SMILES string of the molecule is Cn1cc(CN2CCN(C(=O)c3ccoc3)CC2)ccc1=O. The average molecular weight is 301 g/mol. The smallest absolute Gasteiger partial charge is 0.257 e. The Morgan fingerprint density at radius 1 is 1.18 bits per heavy atom. The number of aromatic nitrogens is 1. The van der Waals surface area contributed by atoms with Crippen LogP contribution in [0.4, 0.5) is 0 Å². The van der Waals surface area contributed by atoms with E-state index >= 15 is 0 Å². The Morgan fingerprint density at radius 3 is 2.59 bits per heavy atom. The van der Waals surface area contributed by atoms with Crippen LogP contribution in [0.2, 0.25) is 0 Å². The zero-order valence-corrected chi connectivity index (χ0v) is 12.6. The van der Waals surface area contributed by atoms with Gasteiger partial charge in [-0.15, -0.1) is 0 Å². The molecule has 3 rings (SSSR count). The molecular formula is C16H19N3O3. The predicted octanol–water partition coefficient (Wildman–Crippen LogP) is 0.936. The van der Waals surface area contributed by atoms with Crippen LogP contribution in [-0.2, 0) is 13.6 Å². The lowest BCUT2D eigenvalue weighted by Gasteiger charge is -2.34. The number of carbonyl (C=O) groups is 1. The quantitative estimate of drug-likeness (QED) is 0.846. The highest BCUT2D eigenvalue weighted by Gasteiger charge is 2.22. The van der Waals surface area contributed by atoms with E-state index in [1.54, 1.807) is 23.7 Å². The van der Waals surface area contributed by atoms with Crippen LogP contribution in [-0.4, -0.2) is 46.5 Å². The van der Waals surface area contributed by atoms with Gasteiger partial charge < -0.3 is 13.9 Å². The third kappa shape index (κ3) is 3.12. The van der Waals surface area contributed by atoms with Crippen molar-refractivity contribution in [3.63, 3.8) is 0 Å². The number of nitrogens with zero attached hydrogens (tertiary/aromatic N) is 3. The Bertz CT molecular complexity index is 698. The Hall–Kier alpha value is -2.34. The number of hydrogen-bond acceptors (Lipinski definition) is 4. The normalized spacial score (nSPS) is 16.0. The van der Waals surface area contributed by atoms with Gasteiger partial charge in [0.2, 0.25) is 5.56 Å². The minimum atomic E-state index is -0.000668. The molecule has 0 saturated carbocycles. The molecule has 1 aliphatic heterocycles. The second kappa shape index (κ2) is 6.19. The number of piperazine rings is 1. The number of aryl methyl sites for hydroxylation is 1. The third-order valence-corrected chi connectivity index (χ3v) is 3.98. The van der Waals surface area contributed by atoms with E-state index in [0.717, 1.165) is 25.2 Å². The highest BCUT2D eigenvalue weighted by Crippen LogP contribution is 2.11. The summed E-state index contributed by atoms with van der Waals surface area (Å²) in [5.41, 5.74) is 1.71. The molecule has 1 saturated heterocycles. The monoisotopic (exact) mass is 301 g/mol. The number of rotatable bonds is 3. The molecule has 0 N–H and O–H groups in total. The minimum Gasteiger partial charge on any atom is -0.472 e. The van der Waals surface area contributed by atoms with Crippen LogP contribution >= 0.6 is 0 Å². The molecule has 6 heteroatoms. The molecule has 3 heterocycles. The van der Waals surface area contributed by atoms with Crippen LogP contribution < -0.4 is 5.56 Å². The van der Waals surface area contributed by atoms with Gasteiger partial charge in [-0.2, -0.15) is 0 Å². The van der Waals surface area contributed by atoms with Crippen LogP contribution in [0.1, 0.15) is 15.9 Å². The zero-order valence-electron chi connectivity index (χ0n) is 12.6. The van der Waals surface area contributed by atoms with Crippen molar-refractivity contribution in [1.29, 1.82) is 0 Å². The minimum absolute atomic E-state index is 0.000668. The maximum absolute atomic E-state index is 12.2. The predicted molar refractivity (Wildman–Crippen MR) is 81.6 cm³/mol. The van der Waals surface area contributed by atoms with E-state index in [4.69, 9.17) is 4.42 Å². The van der Waals surface area contributed by atoms with E-state index < -0.39 is 0 Å². The first kappa shape index (κ1) is 14.6. The van der Waals surface area contributed by atoms with Crippen LogP contribution in [0.5, 0.6) is 0 Å². The van der Waals surface area contributed by atoms with E-state index in [9.17, 15) is 9.59 Å². The lowest BCUT2D eigenvalue weighted by atomic mass is 10.2. The molecule has 2 aromatic heterocycles. The van der Waals surface area contributed by atoms with Gasteiger partial charge in [0.1, 0.15) is 6.26 Å². The van der Waals surface area contributed by atoms with Crippen molar-refractivity contribution in [3.8, 4) is 0 Å². The number of amides is 1. The van der Waals surface area contributed by atoms with Gasteiger partial charge in [0.25, 0.3) is 5.91 Å². The van der Waals surface area contributed by atoms with Gasteiger partial charge in [-0.05, 0) is 11.6 Å². The molecule has 1 aliphatic rings. The van der Waals surface area contributed by atoms with Gasteiger partial charge in [0.15, 0.2) is 0 Å². The maximum Gasteiger partial charge on any atom is 0.257 e. The molecular weight excluding hydrogens is 282 g/mol. The van der Waals surface area contributed by atoms with Gasteiger partial charge in [-0.25, -0.2) is 0 Å². The van der Waals surface area contributed by atoms with E-state index in [1.165, 1.54) is 12.5 Å². The molecule has 22 heavy (non-hydrogen) atoms. The molecule has 0 aliphatic carbocycles. The molecule has 1 amide bonds. The van der Waals surface area contributed by atoms with Crippen LogP contribution in [0.15, 0.2) is 46.1 Å². The van der Waals surface area contributed by atoms with Gasteiger partial charge in [-0.3, -0.25) is 14.5 Å². The summed E-state index contributed by atoms with van der Waals surface area (Å²) in [7, 11) is 1.76. The summed E-state index contributed by atoms with van der Waals surface area (Å²) in [6.45, 7) is 3.85. The molecule has 0 bridgehead atoms. The summed E-state index contributed by atoms with van der Waals surface area (Å²) in [5, 5.41) is 0. The topological polar surface area (TPSA) is 58.7 Å². The van der Waals surface area contributed by atoms with Crippen molar-refractivity contribution < 1.29 is 9.21 Å². The van der Waals surface area contributed by atoms with Crippen LogP contribution in [0.3, 0.4) is 0 Å². The summed E-state index contributed by atoms with van der Waals surface area (Å²) in [4.78, 5) is 27.7. The summed E-state index contributed by atoms with van der Waals surface area (Å²) < 4.78 is 6.55. The van der Waals surface area contributed by atoms with Gasteiger partial charge in [0, 0.05) is 52.0 Å². The van der Waals surface area contributed by atoms with Crippen molar-refractivity contribution in [1.82, 2.24) is 14.4 Å². The van der Waals surface area contributed by atoms with Crippen molar-refractivity contribution in [3.05, 3.63) is 58.4 Å². The molecule has 0 spiro atoms. The number of hydrogen-bond donors (Lipinski definition) is 0. The summed E-state index contributed by atoms with van der Waals surface area (Å²) >= 11 is 0. The fourth-order valence-electron chi connectivity index (χ4n) is 2.68. The summed E-state index contributed by atoms with van der Waals surface area (Å²) in [6.07, 6.45) is 4.87. The number of pyridine rings is 1. The highest BCUT2D eigenvalue weighted by molar-refractivity contribution is 5.93. The Balaban J connectivity index is 1.56.